The van der Waals surface area contributed by atoms with E-state index in [1.807, 2.05) is 13.0 Å². The first-order valence-corrected chi connectivity index (χ1v) is 10.9. The van der Waals surface area contributed by atoms with Gasteiger partial charge in [0.25, 0.3) is 0 Å². The number of aliphatic carboxylic acids is 1. The lowest BCUT2D eigenvalue weighted by atomic mass is 9.60. The lowest BCUT2D eigenvalue weighted by molar-refractivity contribution is -0.169. The molecule has 1 aliphatic carbocycles. The van der Waals surface area contributed by atoms with Crippen LogP contribution in [0.2, 0.25) is 5.02 Å². The number of aromatic nitrogens is 3. The summed E-state index contributed by atoms with van der Waals surface area (Å²) < 4.78 is 20.8. The van der Waals surface area contributed by atoms with Gasteiger partial charge in [-0.1, -0.05) is 24.6 Å². The normalized spacial score (nSPS) is 22.2. The second-order valence-corrected chi connectivity index (χ2v) is 9.13. The van der Waals surface area contributed by atoms with Gasteiger partial charge in [0.2, 0.25) is 5.88 Å². The average molecular weight is 466 g/mol. The van der Waals surface area contributed by atoms with E-state index in [0.717, 1.165) is 11.1 Å². The number of H-pyrrole nitrogens is 1. The molecule has 1 saturated carbocycles. The van der Waals surface area contributed by atoms with Crippen molar-refractivity contribution >= 4 is 28.6 Å². The molecule has 3 atom stereocenters. The van der Waals surface area contributed by atoms with E-state index in [-0.39, 0.29) is 12.0 Å². The van der Waals surface area contributed by atoms with Crippen molar-refractivity contribution in [2.45, 2.75) is 26.4 Å². The van der Waals surface area contributed by atoms with Crippen LogP contribution in [0.1, 0.15) is 20.3 Å². The number of hydrogen-bond donors (Lipinski definition) is 2. The highest BCUT2D eigenvalue weighted by molar-refractivity contribution is 6.31. The van der Waals surface area contributed by atoms with Crippen LogP contribution in [0.25, 0.3) is 33.5 Å². The molecule has 168 valence electrons. The molecule has 0 radical (unpaired) electrons. The molecule has 4 aromatic rings. The SMILES string of the molecule is C[C@H]1[C@H](Oc2ccc(-c3ccc(-c4nc5ccc(Cl)cc5[nH]4)c(F)c3)cn2)CC1(C)C(=O)O. The zero-order chi connectivity index (χ0) is 23.3. The maximum Gasteiger partial charge on any atom is 0.309 e. The van der Waals surface area contributed by atoms with Gasteiger partial charge in [0.15, 0.2) is 0 Å². The summed E-state index contributed by atoms with van der Waals surface area (Å²) in [6, 6.07) is 13.7. The molecule has 1 aliphatic rings. The zero-order valence-corrected chi connectivity index (χ0v) is 18.7. The lowest BCUT2D eigenvalue weighted by Gasteiger charge is -2.47. The van der Waals surface area contributed by atoms with Crippen LogP contribution in [-0.4, -0.2) is 32.1 Å². The zero-order valence-electron chi connectivity index (χ0n) is 18.0. The van der Waals surface area contributed by atoms with Crippen LogP contribution < -0.4 is 4.74 Å². The number of hydrogen-bond acceptors (Lipinski definition) is 4. The fraction of sp³-hybridized carbons (Fsp3) is 0.240. The highest BCUT2D eigenvalue weighted by Gasteiger charge is 2.54. The van der Waals surface area contributed by atoms with E-state index >= 15 is 0 Å². The number of halogens is 2. The van der Waals surface area contributed by atoms with E-state index in [2.05, 4.69) is 15.0 Å². The number of aromatic amines is 1. The number of carboxylic acid groups (broad SMARTS) is 1. The van der Waals surface area contributed by atoms with Gasteiger partial charge in [0.05, 0.1) is 22.0 Å². The van der Waals surface area contributed by atoms with Gasteiger partial charge in [0.1, 0.15) is 17.7 Å². The van der Waals surface area contributed by atoms with Gasteiger partial charge < -0.3 is 14.8 Å². The van der Waals surface area contributed by atoms with Crippen molar-refractivity contribution < 1.29 is 19.0 Å². The number of rotatable bonds is 5. The maximum absolute atomic E-state index is 14.9. The number of nitrogens with zero attached hydrogens (tertiary/aromatic N) is 2. The molecule has 2 aromatic heterocycles. The molecule has 2 aromatic carbocycles. The Morgan fingerprint density at radius 2 is 2.00 bits per heavy atom. The van der Waals surface area contributed by atoms with Crippen molar-refractivity contribution in [2.75, 3.05) is 0 Å². The smallest absolute Gasteiger partial charge is 0.309 e. The summed E-state index contributed by atoms with van der Waals surface area (Å²) in [5, 5.41) is 9.94. The molecule has 33 heavy (non-hydrogen) atoms. The first kappa shape index (κ1) is 21.4. The Balaban J connectivity index is 1.33. The molecule has 0 amide bonds. The minimum Gasteiger partial charge on any atom is -0.481 e. The number of pyridine rings is 1. The lowest BCUT2D eigenvalue weighted by Crippen LogP contribution is -2.55. The standard InChI is InChI=1S/C25H21ClFN3O3/c1-13-21(11-25(13,2)24(31)32)33-22-8-4-15(12-28-22)14-3-6-17(18(27)9-14)23-29-19-7-5-16(26)10-20(19)30-23/h3-10,12-13,21H,11H2,1-2H3,(H,29,30)(H,31,32)/t13-,21+,25?/m0/s1. The Bertz CT molecular complexity index is 1370. The van der Waals surface area contributed by atoms with Crippen molar-refractivity contribution in [3.05, 3.63) is 65.6 Å². The summed E-state index contributed by atoms with van der Waals surface area (Å²) in [5.41, 5.74) is 2.45. The monoisotopic (exact) mass is 465 g/mol. The minimum absolute atomic E-state index is 0.118. The fourth-order valence-corrected chi connectivity index (χ4v) is 4.40. The summed E-state index contributed by atoms with van der Waals surface area (Å²) in [5.74, 6) is -0.487. The van der Waals surface area contributed by atoms with E-state index in [1.54, 1.807) is 49.5 Å². The summed E-state index contributed by atoms with van der Waals surface area (Å²) in [4.78, 5) is 23.3. The molecule has 2 N–H and O–H groups in total. The second kappa shape index (κ2) is 7.85. The van der Waals surface area contributed by atoms with Crippen molar-refractivity contribution in [2.24, 2.45) is 11.3 Å². The van der Waals surface area contributed by atoms with E-state index < -0.39 is 17.2 Å². The van der Waals surface area contributed by atoms with Gasteiger partial charge in [-0.05, 0) is 48.9 Å². The number of benzene rings is 2. The summed E-state index contributed by atoms with van der Waals surface area (Å²) in [6.07, 6.45) is 1.86. The largest absolute Gasteiger partial charge is 0.481 e. The number of nitrogens with one attached hydrogen (secondary N) is 1. The van der Waals surface area contributed by atoms with Crippen LogP contribution in [0, 0.1) is 17.2 Å². The summed E-state index contributed by atoms with van der Waals surface area (Å²) in [6.45, 7) is 3.60. The van der Waals surface area contributed by atoms with Gasteiger partial charge in [-0.3, -0.25) is 4.79 Å². The van der Waals surface area contributed by atoms with Crippen molar-refractivity contribution in [1.29, 1.82) is 0 Å². The number of fused-ring (bicyclic) bond motifs is 1. The van der Waals surface area contributed by atoms with Gasteiger partial charge in [-0.2, -0.15) is 0 Å². The Morgan fingerprint density at radius 3 is 2.67 bits per heavy atom. The molecule has 0 saturated heterocycles. The van der Waals surface area contributed by atoms with E-state index in [1.165, 1.54) is 6.07 Å². The predicted molar refractivity (Wildman–Crippen MR) is 124 cm³/mol. The average Bonchev–Trinajstić information content (AvgIpc) is 3.21. The third kappa shape index (κ3) is 3.72. The van der Waals surface area contributed by atoms with Crippen LogP contribution >= 0.6 is 11.6 Å². The number of carbonyl (C=O) groups is 1. The van der Waals surface area contributed by atoms with Gasteiger partial charge >= 0.3 is 5.97 Å². The third-order valence-electron chi connectivity index (χ3n) is 6.69. The quantitative estimate of drug-likeness (QED) is 0.379. The molecule has 0 spiro atoms. The van der Waals surface area contributed by atoms with E-state index in [9.17, 15) is 14.3 Å². The molecular formula is C25H21ClFN3O3. The number of ether oxygens (including phenoxy) is 1. The number of imidazole rings is 1. The summed E-state index contributed by atoms with van der Waals surface area (Å²) >= 11 is 6.02. The van der Waals surface area contributed by atoms with Crippen LogP contribution in [0.5, 0.6) is 5.88 Å². The third-order valence-corrected chi connectivity index (χ3v) is 6.92. The molecule has 2 heterocycles. The van der Waals surface area contributed by atoms with Crippen LogP contribution in [-0.2, 0) is 4.79 Å². The highest BCUT2D eigenvalue weighted by Crippen LogP contribution is 2.48. The van der Waals surface area contributed by atoms with E-state index in [4.69, 9.17) is 16.3 Å². The van der Waals surface area contributed by atoms with E-state index in [0.29, 0.717) is 39.8 Å². The Kier molecular flexibility index (Phi) is 5.09. The minimum atomic E-state index is -0.810. The predicted octanol–water partition coefficient (Wildman–Crippen LogP) is 5.96. The number of carboxylic acids is 1. The first-order valence-electron chi connectivity index (χ1n) is 10.6. The van der Waals surface area contributed by atoms with Crippen molar-refractivity contribution in [1.82, 2.24) is 15.0 Å². The van der Waals surface area contributed by atoms with Gasteiger partial charge in [-0.25, -0.2) is 14.4 Å². The van der Waals surface area contributed by atoms with Crippen LogP contribution in [0.15, 0.2) is 54.7 Å². The first-order chi connectivity index (χ1) is 15.7. The highest BCUT2D eigenvalue weighted by atomic mass is 35.5. The molecular weight excluding hydrogens is 445 g/mol. The molecule has 8 heteroatoms. The van der Waals surface area contributed by atoms with Crippen molar-refractivity contribution in [3.63, 3.8) is 0 Å². The Morgan fingerprint density at radius 1 is 1.21 bits per heavy atom. The van der Waals surface area contributed by atoms with Crippen LogP contribution in [0.3, 0.4) is 0 Å². The molecule has 0 aliphatic heterocycles. The Labute approximate surface area is 194 Å². The fourth-order valence-electron chi connectivity index (χ4n) is 4.23. The van der Waals surface area contributed by atoms with Crippen molar-refractivity contribution in [3.8, 4) is 28.4 Å². The van der Waals surface area contributed by atoms with Crippen LogP contribution in [0.4, 0.5) is 4.39 Å². The molecule has 5 rings (SSSR count). The Hall–Kier alpha value is -3.45. The molecule has 1 unspecified atom stereocenters. The maximum atomic E-state index is 14.9. The topological polar surface area (TPSA) is 88.1 Å². The van der Waals surface area contributed by atoms with Gasteiger partial charge in [-0.15, -0.1) is 0 Å². The molecule has 0 bridgehead atoms. The summed E-state index contributed by atoms with van der Waals surface area (Å²) in [7, 11) is 0. The molecule has 1 fully saturated rings. The van der Waals surface area contributed by atoms with Gasteiger partial charge in [0, 0.05) is 35.2 Å². The molecule has 6 nitrogen and oxygen atoms in total. The second-order valence-electron chi connectivity index (χ2n) is 8.70.